The second-order valence-corrected chi connectivity index (χ2v) is 8.21. The fourth-order valence-electron chi connectivity index (χ4n) is 5.05. The molecule has 1 spiro atoms. The monoisotopic (exact) mass is 377 g/mol. The van der Waals surface area contributed by atoms with Gasteiger partial charge in [-0.1, -0.05) is 24.3 Å². The van der Waals surface area contributed by atoms with Gasteiger partial charge in [0.15, 0.2) is 11.6 Å². The van der Waals surface area contributed by atoms with E-state index in [9.17, 15) is 9.59 Å². The Morgan fingerprint density at radius 2 is 1.89 bits per heavy atom. The zero-order chi connectivity index (χ0) is 19.6. The number of benzene rings is 1. The molecular weight excluding hydrogens is 354 g/mol. The molecule has 5 rings (SSSR count). The molecule has 2 aromatic rings. The zero-order valence-corrected chi connectivity index (χ0v) is 16.3. The molecule has 1 atom stereocenters. The molecule has 1 N–H and O–H groups in total. The number of imidazole rings is 1. The maximum atomic E-state index is 13.3. The Morgan fingerprint density at radius 3 is 2.54 bits per heavy atom. The van der Waals surface area contributed by atoms with Crippen LogP contribution < -0.4 is 5.32 Å². The number of hydrogen-bond acceptors (Lipinski definition) is 5. The van der Waals surface area contributed by atoms with Crippen molar-refractivity contribution < 1.29 is 14.3 Å². The smallest absolute Gasteiger partial charge is 0.315 e. The Bertz CT molecular complexity index is 1040. The molecule has 6 nitrogen and oxygen atoms in total. The number of methoxy groups -OCH3 is 1. The standard InChI is InChI=1S/C22H23N3O3/c1-12-13(2)25-11-16(21(27)28-3)18-17(26)10-22(24-19(18)20(25)23-12)8-14-6-4-5-7-15(14)9-22/h4-7,16,24H,8-11H2,1-3H3. The number of carbonyl (C=O) groups excluding carboxylic acids is 2. The average molecular weight is 377 g/mol. The normalized spacial score (nSPS) is 21.8. The summed E-state index contributed by atoms with van der Waals surface area (Å²) in [6.07, 6.45) is 1.98. The number of nitrogens with zero attached hydrogens (tertiary/aromatic N) is 2. The first-order chi connectivity index (χ1) is 13.4. The molecule has 3 aliphatic rings. The number of fused-ring (bicyclic) bond motifs is 3. The largest absolute Gasteiger partial charge is 0.468 e. The number of Topliss-reactive ketones (excluding diaryl/α,β-unsaturated/α-hetero) is 1. The van der Waals surface area contributed by atoms with Gasteiger partial charge in [0.2, 0.25) is 0 Å². The van der Waals surface area contributed by atoms with E-state index in [1.807, 2.05) is 30.5 Å². The highest BCUT2D eigenvalue weighted by atomic mass is 16.5. The van der Waals surface area contributed by atoms with E-state index < -0.39 is 5.92 Å². The number of aryl methyl sites for hydroxylation is 1. The number of esters is 1. The molecule has 1 aliphatic carbocycles. The maximum Gasteiger partial charge on any atom is 0.315 e. The van der Waals surface area contributed by atoms with Gasteiger partial charge in [-0.15, -0.1) is 0 Å². The molecule has 0 fully saturated rings. The summed E-state index contributed by atoms with van der Waals surface area (Å²) < 4.78 is 7.07. The topological polar surface area (TPSA) is 73.2 Å². The van der Waals surface area contributed by atoms with E-state index in [2.05, 4.69) is 17.4 Å². The SMILES string of the molecule is COC(=O)C1Cn2c(nc(C)c2C)C2=C1C(=O)CC1(Cc3ccccc3C1)N2. The molecule has 0 amide bonds. The number of rotatable bonds is 1. The number of ketones is 1. The van der Waals surface area contributed by atoms with Gasteiger partial charge in [0, 0.05) is 24.2 Å². The van der Waals surface area contributed by atoms with Gasteiger partial charge in [-0.05, 0) is 37.8 Å². The minimum absolute atomic E-state index is 0.0292. The van der Waals surface area contributed by atoms with Gasteiger partial charge < -0.3 is 14.6 Å². The summed E-state index contributed by atoms with van der Waals surface area (Å²) in [5.41, 5.74) is 5.38. The third-order valence-corrected chi connectivity index (χ3v) is 6.52. The molecule has 1 aromatic carbocycles. The lowest BCUT2D eigenvalue weighted by atomic mass is 9.78. The van der Waals surface area contributed by atoms with E-state index in [4.69, 9.17) is 9.72 Å². The van der Waals surface area contributed by atoms with Crippen LogP contribution in [-0.4, -0.2) is 34.0 Å². The maximum absolute atomic E-state index is 13.3. The molecule has 6 heteroatoms. The van der Waals surface area contributed by atoms with Crippen molar-refractivity contribution in [3.05, 3.63) is 58.2 Å². The third kappa shape index (κ3) is 2.30. The van der Waals surface area contributed by atoms with Crippen LogP contribution in [0, 0.1) is 19.8 Å². The molecule has 2 aliphatic heterocycles. The highest BCUT2D eigenvalue weighted by Gasteiger charge is 2.49. The fraction of sp³-hybridized carbons (Fsp3) is 0.409. The molecule has 0 bridgehead atoms. The van der Waals surface area contributed by atoms with Crippen molar-refractivity contribution in [3.63, 3.8) is 0 Å². The molecule has 0 radical (unpaired) electrons. The summed E-state index contributed by atoms with van der Waals surface area (Å²) in [4.78, 5) is 30.6. The van der Waals surface area contributed by atoms with Crippen LogP contribution in [0.5, 0.6) is 0 Å². The van der Waals surface area contributed by atoms with E-state index in [1.165, 1.54) is 18.2 Å². The highest BCUT2D eigenvalue weighted by molar-refractivity contribution is 6.08. The van der Waals surface area contributed by atoms with Crippen LogP contribution in [0.1, 0.15) is 34.8 Å². The van der Waals surface area contributed by atoms with Crippen molar-refractivity contribution in [2.75, 3.05) is 7.11 Å². The van der Waals surface area contributed by atoms with Crippen molar-refractivity contribution in [2.45, 2.75) is 45.2 Å². The van der Waals surface area contributed by atoms with Gasteiger partial charge in [-0.3, -0.25) is 9.59 Å². The average Bonchev–Trinajstić information content (AvgIpc) is 3.17. The van der Waals surface area contributed by atoms with Gasteiger partial charge in [0.1, 0.15) is 5.92 Å². The first-order valence-electron chi connectivity index (χ1n) is 9.67. The van der Waals surface area contributed by atoms with Crippen LogP contribution in [0.4, 0.5) is 0 Å². The molecule has 0 saturated carbocycles. The Balaban J connectivity index is 1.64. The van der Waals surface area contributed by atoms with E-state index in [-0.39, 0.29) is 17.3 Å². The minimum atomic E-state index is -0.596. The quantitative estimate of drug-likeness (QED) is 0.771. The number of nitrogens with one attached hydrogen (secondary N) is 1. The lowest BCUT2D eigenvalue weighted by Gasteiger charge is -2.40. The number of carbonyl (C=O) groups is 2. The van der Waals surface area contributed by atoms with Crippen molar-refractivity contribution >= 4 is 17.4 Å². The molecule has 1 aromatic heterocycles. The van der Waals surface area contributed by atoms with Crippen LogP contribution in [0.3, 0.4) is 0 Å². The van der Waals surface area contributed by atoms with E-state index in [0.717, 1.165) is 30.1 Å². The second kappa shape index (κ2) is 5.80. The van der Waals surface area contributed by atoms with Crippen LogP contribution in [0.25, 0.3) is 5.70 Å². The molecule has 0 saturated heterocycles. The minimum Gasteiger partial charge on any atom is -0.468 e. The number of aromatic nitrogens is 2. The fourth-order valence-corrected chi connectivity index (χ4v) is 5.05. The van der Waals surface area contributed by atoms with Gasteiger partial charge in [-0.25, -0.2) is 4.98 Å². The van der Waals surface area contributed by atoms with Gasteiger partial charge in [0.25, 0.3) is 0 Å². The first-order valence-corrected chi connectivity index (χ1v) is 9.67. The number of hydrogen-bond donors (Lipinski definition) is 1. The highest BCUT2D eigenvalue weighted by Crippen LogP contribution is 2.43. The van der Waals surface area contributed by atoms with Crippen LogP contribution >= 0.6 is 0 Å². The Hall–Kier alpha value is -2.89. The predicted molar refractivity (Wildman–Crippen MR) is 103 cm³/mol. The third-order valence-electron chi connectivity index (χ3n) is 6.52. The Labute approximate surface area is 163 Å². The van der Waals surface area contributed by atoms with Crippen LogP contribution in [0.15, 0.2) is 29.8 Å². The van der Waals surface area contributed by atoms with E-state index in [0.29, 0.717) is 24.2 Å². The molecule has 28 heavy (non-hydrogen) atoms. The summed E-state index contributed by atoms with van der Waals surface area (Å²) in [6, 6.07) is 8.35. The van der Waals surface area contributed by atoms with Crippen LogP contribution in [0.2, 0.25) is 0 Å². The Morgan fingerprint density at radius 1 is 1.21 bits per heavy atom. The van der Waals surface area contributed by atoms with Gasteiger partial charge >= 0.3 is 5.97 Å². The molecule has 3 heterocycles. The zero-order valence-electron chi connectivity index (χ0n) is 16.3. The predicted octanol–water partition coefficient (Wildman–Crippen LogP) is 2.11. The van der Waals surface area contributed by atoms with Crippen molar-refractivity contribution in [1.29, 1.82) is 0 Å². The number of ether oxygens (including phenoxy) is 1. The van der Waals surface area contributed by atoms with Crippen molar-refractivity contribution in [1.82, 2.24) is 14.9 Å². The Kier molecular flexibility index (Phi) is 3.57. The van der Waals surface area contributed by atoms with E-state index >= 15 is 0 Å². The van der Waals surface area contributed by atoms with Crippen molar-refractivity contribution in [2.24, 2.45) is 5.92 Å². The lowest BCUT2D eigenvalue weighted by molar-refractivity contribution is -0.145. The van der Waals surface area contributed by atoms with E-state index in [1.54, 1.807) is 0 Å². The summed E-state index contributed by atoms with van der Waals surface area (Å²) in [7, 11) is 1.37. The second-order valence-electron chi connectivity index (χ2n) is 8.21. The summed E-state index contributed by atoms with van der Waals surface area (Å²) >= 11 is 0. The lowest BCUT2D eigenvalue weighted by Crippen LogP contribution is -2.53. The molecule has 1 unspecified atom stereocenters. The summed E-state index contributed by atoms with van der Waals surface area (Å²) in [5, 5.41) is 3.68. The van der Waals surface area contributed by atoms with Crippen molar-refractivity contribution in [3.8, 4) is 0 Å². The summed E-state index contributed by atoms with van der Waals surface area (Å²) in [5.74, 6) is -0.180. The van der Waals surface area contributed by atoms with Gasteiger partial charge in [0.05, 0.1) is 24.0 Å². The first kappa shape index (κ1) is 17.2. The van der Waals surface area contributed by atoms with Crippen LogP contribution in [-0.2, 0) is 33.7 Å². The summed E-state index contributed by atoms with van der Waals surface area (Å²) in [6.45, 7) is 4.35. The molecule has 144 valence electrons. The molecular formula is C22H23N3O3. The van der Waals surface area contributed by atoms with Gasteiger partial charge in [-0.2, -0.15) is 0 Å².